The summed E-state index contributed by atoms with van der Waals surface area (Å²) in [5.74, 6) is 1.06. The summed E-state index contributed by atoms with van der Waals surface area (Å²) in [5.41, 5.74) is 2.27. The minimum Gasteiger partial charge on any atom is -0.508 e. The second-order valence-corrected chi connectivity index (χ2v) is 8.81. The Labute approximate surface area is 178 Å². The summed E-state index contributed by atoms with van der Waals surface area (Å²) in [6, 6.07) is 15.3. The van der Waals surface area contributed by atoms with E-state index in [9.17, 15) is 10.2 Å². The predicted octanol–water partition coefficient (Wildman–Crippen LogP) is 7.96. The van der Waals surface area contributed by atoms with Gasteiger partial charge in [-0.15, -0.1) is 0 Å². The van der Waals surface area contributed by atoms with Gasteiger partial charge in [0.15, 0.2) is 0 Å². The molecule has 2 rings (SSSR count). The molecule has 0 fully saturated rings. The molecule has 0 aliphatic rings. The number of phenols is 2. The molecule has 1 unspecified atom stereocenters. The number of rotatable bonds is 13. The molecule has 0 aliphatic heterocycles. The van der Waals surface area contributed by atoms with Crippen molar-refractivity contribution in [1.29, 1.82) is 0 Å². The van der Waals surface area contributed by atoms with E-state index in [1.807, 2.05) is 24.3 Å². The lowest BCUT2D eigenvalue weighted by molar-refractivity contribution is 0.337. The smallest absolute Gasteiger partial charge is 0.115 e. The van der Waals surface area contributed by atoms with Crippen LogP contribution < -0.4 is 0 Å². The SMILES string of the molecule is CCCCCCCCCCCC(C)C(C)(c1ccc(O)cc1)c1ccc(O)cc1. The summed E-state index contributed by atoms with van der Waals surface area (Å²) < 4.78 is 0. The van der Waals surface area contributed by atoms with Gasteiger partial charge in [-0.2, -0.15) is 0 Å². The average Bonchev–Trinajstić information content (AvgIpc) is 2.73. The van der Waals surface area contributed by atoms with Gasteiger partial charge in [-0.1, -0.05) is 103 Å². The fraction of sp³-hybridized carbons (Fsp3) is 0.556. The zero-order valence-corrected chi connectivity index (χ0v) is 18.7. The molecule has 2 heteroatoms. The van der Waals surface area contributed by atoms with E-state index in [0.29, 0.717) is 17.4 Å². The van der Waals surface area contributed by atoms with Crippen LogP contribution in [0.5, 0.6) is 11.5 Å². The highest BCUT2D eigenvalue weighted by molar-refractivity contribution is 5.42. The summed E-state index contributed by atoms with van der Waals surface area (Å²) in [5, 5.41) is 19.5. The molecular formula is C27H40O2. The molecule has 0 amide bonds. The third kappa shape index (κ3) is 6.80. The number of aromatic hydroxyl groups is 2. The second kappa shape index (κ2) is 11.9. The van der Waals surface area contributed by atoms with Crippen molar-refractivity contribution in [2.24, 2.45) is 5.92 Å². The first-order valence-electron chi connectivity index (χ1n) is 11.6. The van der Waals surface area contributed by atoms with Gasteiger partial charge in [-0.3, -0.25) is 0 Å². The van der Waals surface area contributed by atoms with Crippen LogP contribution in [0.15, 0.2) is 48.5 Å². The maximum atomic E-state index is 9.73. The molecule has 0 bridgehead atoms. The molecule has 2 aromatic rings. The van der Waals surface area contributed by atoms with Crippen molar-refractivity contribution in [1.82, 2.24) is 0 Å². The van der Waals surface area contributed by atoms with E-state index in [2.05, 4.69) is 20.8 Å². The first-order chi connectivity index (χ1) is 14.0. The third-order valence-electron chi connectivity index (χ3n) is 6.66. The van der Waals surface area contributed by atoms with Crippen LogP contribution in [-0.4, -0.2) is 10.2 Å². The van der Waals surface area contributed by atoms with E-state index in [1.165, 1.54) is 75.3 Å². The highest BCUT2D eigenvalue weighted by atomic mass is 16.3. The zero-order chi connectivity index (χ0) is 21.1. The van der Waals surface area contributed by atoms with Crippen molar-refractivity contribution < 1.29 is 10.2 Å². The summed E-state index contributed by atoms with van der Waals surface area (Å²) >= 11 is 0. The first kappa shape index (κ1) is 23.3. The number of phenolic OH excluding ortho intramolecular Hbond substituents is 2. The Bertz CT molecular complexity index is 642. The monoisotopic (exact) mass is 396 g/mol. The number of hydrogen-bond donors (Lipinski definition) is 2. The average molecular weight is 397 g/mol. The van der Waals surface area contributed by atoms with Crippen molar-refractivity contribution in [3.63, 3.8) is 0 Å². The Hall–Kier alpha value is -1.96. The molecule has 0 saturated carbocycles. The molecular weight excluding hydrogens is 356 g/mol. The van der Waals surface area contributed by atoms with Crippen LogP contribution in [0.1, 0.15) is 96.1 Å². The summed E-state index contributed by atoms with van der Waals surface area (Å²) in [4.78, 5) is 0. The lowest BCUT2D eigenvalue weighted by Crippen LogP contribution is -2.31. The van der Waals surface area contributed by atoms with Crippen molar-refractivity contribution in [2.75, 3.05) is 0 Å². The minimum atomic E-state index is -0.151. The van der Waals surface area contributed by atoms with Gasteiger partial charge in [0.25, 0.3) is 0 Å². The van der Waals surface area contributed by atoms with Crippen molar-refractivity contribution in [3.8, 4) is 11.5 Å². The largest absolute Gasteiger partial charge is 0.508 e. The van der Waals surface area contributed by atoms with Gasteiger partial charge in [0.1, 0.15) is 11.5 Å². The molecule has 0 saturated heterocycles. The number of unbranched alkanes of at least 4 members (excludes halogenated alkanes) is 8. The second-order valence-electron chi connectivity index (χ2n) is 8.81. The van der Waals surface area contributed by atoms with Gasteiger partial charge in [0.05, 0.1) is 0 Å². The van der Waals surface area contributed by atoms with Gasteiger partial charge < -0.3 is 10.2 Å². The topological polar surface area (TPSA) is 40.5 Å². The molecule has 1 atom stereocenters. The molecule has 2 nitrogen and oxygen atoms in total. The van der Waals surface area contributed by atoms with Gasteiger partial charge in [-0.05, 0) is 47.7 Å². The minimum absolute atomic E-state index is 0.151. The van der Waals surface area contributed by atoms with Gasteiger partial charge in [-0.25, -0.2) is 0 Å². The first-order valence-corrected chi connectivity index (χ1v) is 11.6. The molecule has 0 spiro atoms. The predicted molar refractivity (Wildman–Crippen MR) is 124 cm³/mol. The number of hydrogen-bond acceptors (Lipinski definition) is 2. The molecule has 2 aromatic carbocycles. The molecule has 29 heavy (non-hydrogen) atoms. The molecule has 0 aromatic heterocycles. The molecule has 0 aliphatic carbocycles. The van der Waals surface area contributed by atoms with Crippen molar-refractivity contribution in [3.05, 3.63) is 59.7 Å². The van der Waals surface area contributed by atoms with E-state index < -0.39 is 0 Å². The Morgan fingerprint density at radius 3 is 1.45 bits per heavy atom. The summed E-state index contributed by atoms with van der Waals surface area (Å²) in [7, 11) is 0. The highest BCUT2D eigenvalue weighted by Gasteiger charge is 2.34. The highest BCUT2D eigenvalue weighted by Crippen LogP contribution is 2.42. The van der Waals surface area contributed by atoms with Gasteiger partial charge in [0, 0.05) is 5.41 Å². The van der Waals surface area contributed by atoms with E-state index >= 15 is 0 Å². The van der Waals surface area contributed by atoms with E-state index in [-0.39, 0.29) is 5.41 Å². The Kier molecular flexibility index (Phi) is 9.57. The maximum absolute atomic E-state index is 9.73. The summed E-state index contributed by atoms with van der Waals surface area (Å²) in [6.45, 7) is 6.90. The lowest BCUT2D eigenvalue weighted by Gasteiger charge is -2.37. The fourth-order valence-electron chi connectivity index (χ4n) is 4.40. The standard InChI is InChI=1S/C27H40O2/c1-4-5-6-7-8-9-10-11-12-13-22(2)27(3,23-14-18-25(28)19-15-23)24-16-20-26(29)21-17-24/h14-22,28-29H,4-13H2,1-3H3. The van der Waals surface area contributed by atoms with Crippen molar-refractivity contribution in [2.45, 2.75) is 90.4 Å². The van der Waals surface area contributed by atoms with Crippen LogP contribution in [0.4, 0.5) is 0 Å². The normalized spacial score (nSPS) is 12.8. The van der Waals surface area contributed by atoms with E-state index in [1.54, 1.807) is 24.3 Å². The molecule has 0 heterocycles. The van der Waals surface area contributed by atoms with Crippen LogP contribution in [0.3, 0.4) is 0 Å². The van der Waals surface area contributed by atoms with Gasteiger partial charge >= 0.3 is 0 Å². The van der Waals surface area contributed by atoms with Gasteiger partial charge in [0.2, 0.25) is 0 Å². The van der Waals surface area contributed by atoms with Crippen LogP contribution in [0.2, 0.25) is 0 Å². The third-order valence-corrected chi connectivity index (χ3v) is 6.66. The van der Waals surface area contributed by atoms with Crippen LogP contribution in [0, 0.1) is 5.92 Å². The lowest BCUT2D eigenvalue weighted by atomic mass is 9.66. The molecule has 2 N–H and O–H groups in total. The van der Waals surface area contributed by atoms with Crippen molar-refractivity contribution >= 4 is 0 Å². The van der Waals surface area contributed by atoms with E-state index in [0.717, 1.165) is 0 Å². The van der Waals surface area contributed by atoms with E-state index in [4.69, 9.17) is 0 Å². The maximum Gasteiger partial charge on any atom is 0.115 e. The zero-order valence-electron chi connectivity index (χ0n) is 18.7. The number of benzene rings is 2. The molecule has 0 radical (unpaired) electrons. The van der Waals surface area contributed by atoms with Crippen LogP contribution >= 0.6 is 0 Å². The summed E-state index contributed by atoms with van der Waals surface area (Å²) in [6.07, 6.45) is 13.3. The molecule has 160 valence electrons. The van der Waals surface area contributed by atoms with Crippen LogP contribution in [0.25, 0.3) is 0 Å². The Balaban J connectivity index is 1.96. The van der Waals surface area contributed by atoms with Crippen LogP contribution in [-0.2, 0) is 5.41 Å². The Morgan fingerprint density at radius 2 is 1.03 bits per heavy atom. The quantitative estimate of drug-likeness (QED) is 0.337. The fourth-order valence-corrected chi connectivity index (χ4v) is 4.40. The Morgan fingerprint density at radius 1 is 0.655 bits per heavy atom.